The van der Waals surface area contributed by atoms with Crippen LogP contribution in [0, 0.1) is 6.92 Å². The molecule has 0 spiro atoms. The van der Waals surface area contributed by atoms with Crippen LogP contribution in [0.5, 0.6) is 0 Å². The number of aromatic amines is 2. The molecule has 8 nitrogen and oxygen atoms in total. The standard InChI is InChI=1S/C24H24N8/c1-15-3-4-25-12-19(15)16-9-18-23(29-30-24(18)27-11-16)20-10-17-21(28-20)13-26-14-22(17)32-7-5-31(2)6-8-32/h3-4,9-14,28H,5-8H2,1-2H3,(H,27,29,30). The van der Waals surface area contributed by atoms with E-state index in [2.05, 4.69) is 66.0 Å². The van der Waals surface area contributed by atoms with Gasteiger partial charge in [-0.3, -0.25) is 15.1 Å². The molecule has 1 saturated heterocycles. The minimum Gasteiger partial charge on any atom is -0.367 e. The number of fused-ring (bicyclic) bond motifs is 2. The van der Waals surface area contributed by atoms with E-state index in [1.807, 2.05) is 37.1 Å². The van der Waals surface area contributed by atoms with Crippen LogP contribution in [0.3, 0.4) is 0 Å². The van der Waals surface area contributed by atoms with Crippen molar-refractivity contribution in [1.29, 1.82) is 0 Å². The first-order chi connectivity index (χ1) is 15.7. The third-order valence-corrected chi connectivity index (χ3v) is 6.39. The summed E-state index contributed by atoms with van der Waals surface area (Å²) in [5, 5.41) is 9.82. The van der Waals surface area contributed by atoms with Crippen molar-refractivity contribution < 1.29 is 0 Å². The lowest BCUT2D eigenvalue weighted by Gasteiger charge is -2.34. The molecule has 1 aliphatic heterocycles. The number of pyridine rings is 3. The second-order valence-corrected chi connectivity index (χ2v) is 8.48. The molecule has 5 aromatic rings. The molecular formula is C24H24N8. The Morgan fingerprint density at radius 1 is 0.938 bits per heavy atom. The Bertz CT molecular complexity index is 1420. The van der Waals surface area contributed by atoms with E-state index in [0.29, 0.717) is 0 Å². The van der Waals surface area contributed by atoms with Gasteiger partial charge >= 0.3 is 0 Å². The highest BCUT2D eigenvalue weighted by Crippen LogP contribution is 2.34. The van der Waals surface area contributed by atoms with E-state index in [0.717, 1.165) is 65.2 Å². The van der Waals surface area contributed by atoms with Crippen LogP contribution in [-0.4, -0.2) is 68.3 Å². The van der Waals surface area contributed by atoms with Gasteiger partial charge in [0.2, 0.25) is 0 Å². The van der Waals surface area contributed by atoms with Gasteiger partial charge in [0.05, 0.1) is 29.3 Å². The number of anilines is 1. The first kappa shape index (κ1) is 18.9. The number of nitrogens with one attached hydrogen (secondary N) is 2. The molecule has 32 heavy (non-hydrogen) atoms. The third kappa shape index (κ3) is 3.11. The number of H-pyrrole nitrogens is 2. The van der Waals surface area contributed by atoms with E-state index in [-0.39, 0.29) is 0 Å². The minimum atomic E-state index is 0.765. The average Bonchev–Trinajstić information content (AvgIpc) is 3.43. The predicted octanol–water partition coefficient (Wildman–Crippen LogP) is 3.62. The van der Waals surface area contributed by atoms with Crippen molar-refractivity contribution in [2.75, 3.05) is 38.1 Å². The van der Waals surface area contributed by atoms with Crippen LogP contribution in [0.25, 0.3) is 44.5 Å². The Balaban J connectivity index is 1.45. The van der Waals surface area contributed by atoms with Crippen LogP contribution in [-0.2, 0) is 0 Å². The molecule has 2 N–H and O–H groups in total. The number of rotatable bonds is 3. The second-order valence-electron chi connectivity index (χ2n) is 8.48. The van der Waals surface area contributed by atoms with Crippen molar-refractivity contribution in [3.63, 3.8) is 0 Å². The first-order valence-electron chi connectivity index (χ1n) is 10.8. The van der Waals surface area contributed by atoms with Crippen LogP contribution in [0.15, 0.2) is 49.2 Å². The molecule has 6 heterocycles. The summed E-state index contributed by atoms with van der Waals surface area (Å²) in [4.78, 5) is 21.7. The molecule has 0 amide bonds. The number of aromatic nitrogens is 6. The normalized spacial score (nSPS) is 15.1. The highest BCUT2D eigenvalue weighted by Gasteiger charge is 2.19. The maximum atomic E-state index is 4.61. The molecule has 0 radical (unpaired) electrons. The molecule has 0 aromatic carbocycles. The monoisotopic (exact) mass is 424 g/mol. The predicted molar refractivity (Wildman–Crippen MR) is 127 cm³/mol. The molecule has 1 fully saturated rings. The minimum absolute atomic E-state index is 0.765. The van der Waals surface area contributed by atoms with E-state index in [1.165, 1.54) is 16.6 Å². The van der Waals surface area contributed by atoms with Crippen molar-refractivity contribution in [2.45, 2.75) is 6.92 Å². The van der Waals surface area contributed by atoms with Gasteiger partial charge in [0.25, 0.3) is 0 Å². The Morgan fingerprint density at radius 3 is 2.66 bits per heavy atom. The Labute approximate surface area is 185 Å². The molecule has 0 saturated carbocycles. The van der Waals surface area contributed by atoms with E-state index in [9.17, 15) is 0 Å². The quantitative estimate of drug-likeness (QED) is 0.460. The Kier molecular flexibility index (Phi) is 4.39. The lowest BCUT2D eigenvalue weighted by molar-refractivity contribution is 0.313. The highest BCUT2D eigenvalue weighted by molar-refractivity contribution is 5.99. The second kappa shape index (κ2) is 7.42. The lowest BCUT2D eigenvalue weighted by atomic mass is 10.0. The van der Waals surface area contributed by atoms with Crippen LogP contribution in [0.1, 0.15) is 5.56 Å². The SMILES string of the molecule is Cc1ccncc1-c1cnc2[nH]nc(-c3cc4c(N5CCN(C)CC5)cncc4[nH]3)c2c1. The molecule has 1 aliphatic rings. The van der Waals surface area contributed by atoms with Crippen LogP contribution < -0.4 is 4.90 Å². The smallest absolute Gasteiger partial charge is 0.155 e. The number of nitrogens with zero attached hydrogens (tertiary/aromatic N) is 6. The fourth-order valence-corrected chi connectivity index (χ4v) is 4.49. The highest BCUT2D eigenvalue weighted by atomic mass is 15.3. The maximum Gasteiger partial charge on any atom is 0.155 e. The summed E-state index contributed by atoms with van der Waals surface area (Å²) in [6.07, 6.45) is 9.42. The summed E-state index contributed by atoms with van der Waals surface area (Å²) in [7, 11) is 2.17. The number of likely N-dealkylation sites (N-methyl/N-ethyl adjacent to an activating group) is 1. The van der Waals surface area contributed by atoms with Gasteiger partial charge < -0.3 is 14.8 Å². The van der Waals surface area contributed by atoms with Crippen LogP contribution in [0.4, 0.5) is 5.69 Å². The topological polar surface area (TPSA) is 89.6 Å². The van der Waals surface area contributed by atoms with E-state index >= 15 is 0 Å². The number of aryl methyl sites for hydroxylation is 1. The zero-order valence-electron chi connectivity index (χ0n) is 18.1. The number of hydrogen-bond acceptors (Lipinski definition) is 6. The largest absolute Gasteiger partial charge is 0.367 e. The number of piperazine rings is 1. The van der Waals surface area contributed by atoms with Gasteiger partial charge in [0, 0.05) is 66.7 Å². The van der Waals surface area contributed by atoms with Crippen molar-refractivity contribution >= 4 is 27.6 Å². The maximum absolute atomic E-state index is 4.61. The average molecular weight is 425 g/mol. The molecule has 6 rings (SSSR count). The fourth-order valence-electron chi connectivity index (χ4n) is 4.49. The van der Waals surface area contributed by atoms with Crippen molar-refractivity contribution in [3.8, 4) is 22.5 Å². The summed E-state index contributed by atoms with van der Waals surface area (Å²) in [6, 6.07) is 6.33. The molecule has 5 aromatic heterocycles. The van der Waals surface area contributed by atoms with Crippen LogP contribution in [0.2, 0.25) is 0 Å². The molecule has 0 bridgehead atoms. The fraction of sp³-hybridized carbons (Fsp3) is 0.250. The summed E-state index contributed by atoms with van der Waals surface area (Å²) < 4.78 is 0. The van der Waals surface area contributed by atoms with Crippen molar-refractivity contribution in [1.82, 2.24) is 35.0 Å². The molecule has 0 unspecified atom stereocenters. The summed E-state index contributed by atoms with van der Waals surface area (Å²) in [5.74, 6) is 0. The number of hydrogen-bond donors (Lipinski definition) is 2. The summed E-state index contributed by atoms with van der Waals surface area (Å²) in [5.41, 5.74) is 8.03. The zero-order valence-corrected chi connectivity index (χ0v) is 18.1. The van der Waals surface area contributed by atoms with Crippen molar-refractivity contribution in [2.24, 2.45) is 0 Å². The Morgan fingerprint density at radius 2 is 1.81 bits per heavy atom. The van der Waals surface area contributed by atoms with Gasteiger partial charge in [0.1, 0.15) is 5.69 Å². The van der Waals surface area contributed by atoms with Gasteiger partial charge in [-0.05, 0) is 37.7 Å². The molecular weight excluding hydrogens is 400 g/mol. The van der Waals surface area contributed by atoms with Gasteiger partial charge in [-0.25, -0.2) is 4.98 Å². The van der Waals surface area contributed by atoms with Gasteiger partial charge in [-0.1, -0.05) is 0 Å². The van der Waals surface area contributed by atoms with Gasteiger partial charge in [0.15, 0.2) is 5.65 Å². The van der Waals surface area contributed by atoms with Crippen LogP contribution >= 0.6 is 0 Å². The summed E-state index contributed by atoms with van der Waals surface area (Å²) in [6.45, 7) is 6.20. The molecule has 8 heteroatoms. The molecule has 0 atom stereocenters. The first-order valence-corrected chi connectivity index (χ1v) is 10.8. The van der Waals surface area contributed by atoms with E-state index < -0.39 is 0 Å². The van der Waals surface area contributed by atoms with Crippen molar-refractivity contribution in [3.05, 3.63) is 54.7 Å². The zero-order chi connectivity index (χ0) is 21.7. The van der Waals surface area contributed by atoms with Gasteiger partial charge in [-0.15, -0.1) is 0 Å². The third-order valence-electron chi connectivity index (χ3n) is 6.39. The lowest BCUT2D eigenvalue weighted by Crippen LogP contribution is -2.44. The van der Waals surface area contributed by atoms with Gasteiger partial charge in [-0.2, -0.15) is 5.10 Å². The molecule has 160 valence electrons. The summed E-state index contributed by atoms with van der Waals surface area (Å²) >= 11 is 0. The van der Waals surface area contributed by atoms with E-state index in [1.54, 1.807) is 0 Å². The Hall–Kier alpha value is -3.78. The molecule has 0 aliphatic carbocycles. The van der Waals surface area contributed by atoms with E-state index in [4.69, 9.17) is 0 Å².